The summed E-state index contributed by atoms with van der Waals surface area (Å²) in [5, 5.41) is 0. The summed E-state index contributed by atoms with van der Waals surface area (Å²) >= 11 is 0. The van der Waals surface area contributed by atoms with Gasteiger partial charge in [0, 0.05) is 39.3 Å². The lowest BCUT2D eigenvalue weighted by molar-refractivity contribution is -0.135. The predicted molar refractivity (Wildman–Crippen MR) is 115 cm³/mol. The van der Waals surface area contributed by atoms with E-state index in [2.05, 4.69) is 17.0 Å². The highest BCUT2D eigenvalue weighted by atomic mass is 16.6. The number of benzene rings is 1. The molecule has 1 aromatic rings. The number of nitrogens with zero attached hydrogens (tertiary/aromatic N) is 3. The van der Waals surface area contributed by atoms with Crippen molar-refractivity contribution in [2.75, 3.05) is 39.8 Å². The molecule has 2 saturated heterocycles. The van der Waals surface area contributed by atoms with E-state index in [-0.39, 0.29) is 12.0 Å². The van der Waals surface area contributed by atoms with Crippen molar-refractivity contribution in [1.82, 2.24) is 14.7 Å². The molecular weight excluding hydrogens is 382 g/mol. The van der Waals surface area contributed by atoms with Gasteiger partial charge in [-0.1, -0.05) is 12.1 Å². The molecule has 0 saturated carbocycles. The molecule has 2 amide bonds. The maximum absolute atomic E-state index is 13.2. The molecule has 2 aliphatic heterocycles. The molecule has 30 heavy (non-hydrogen) atoms. The number of likely N-dealkylation sites (tertiary alicyclic amines) is 1. The van der Waals surface area contributed by atoms with Gasteiger partial charge in [0.15, 0.2) is 0 Å². The normalized spacial score (nSPS) is 20.7. The third-order valence-corrected chi connectivity index (χ3v) is 5.63. The van der Waals surface area contributed by atoms with Crippen molar-refractivity contribution in [3.8, 4) is 5.75 Å². The van der Waals surface area contributed by atoms with E-state index < -0.39 is 11.6 Å². The molecule has 1 atom stereocenters. The van der Waals surface area contributed by atoms with Crippen LogP contribution in [0.2, 0.25) is 0 Å². The zero-order chi connectivity index (χ0) is 21.7. The van der Waals surface area contributed by atoms with Crippen LogP contribution in [0, 0.1) is 0 Å². The molecule has 2 heterocycles. The van der Waals surface area contributed by atoms with Gasteiger partial charge in [-0.3, -0.25) is 14.6 Å². The fourth-order valence-corrected chi connectivity index (χ4v) is 4.11. The molecule has 1 aromatic carbocycles. The summed E-state index contributed by atoms with van der Waals surface area (Å²) in [7, 11) is 1.67. The van der Waals surface area contributed by atoms with Crippen LogP contribution in [0.4, 0.5) is 4.79 Å². The van der Waals surface area contributed by atoms with E-state index in [1.165, 1.54) is 5.56 Å². The lowest BCUT2D eigenvalue weighted by Gasteiger charge is -2.31. The molecule has 0 N–H and O–H groups in total. The van der Waals surface area contributed by atoms with Gasteiger partial charge in [-0.15, -0.1) is 0 Å². The molecule has 0 radical (unpaired) electrons. The van der Waals surface area contributed by atoms with E-state index in [0.717, 1.165) is 44.8 Å². The first kappa shape index (κ1) is 22.4. The SMILES string of the molecule is COc1ccc(CN2CCCN(C(=O)C3CCCN3C(=O)OC(C)(C)C)CC2)cc1. The molecule has 166 valence electrons. The largest absolute Gasteiger partial charge is 0.497 e. The van der Waals surface area contributed by atoms with Gasteiger partial charge in [-0.05, 0) is 57.7 Å². The van der Waals surface area contributed by atoms with E-state index in [1.54, 1.807) is 12.0 Å². The average molecular weight is 418 g/mol. The van der Waals surface area contributed by atoms with Crippen LogP contribution in [0.5, 0.6) is 5.75 Å². The Bertz CT molecular complexity index is 729. The monoisotopic (exact) mass is 417 g/mol. The summed E-state index contributed by atoms with van der Waals surface area (Å²) in [6.07, 6.45) is 2.10. The first-order chi connectivity index (χ1) is 14.3. The second-order valence-electron chi connectivity index (χ2n) is 9.13. The summed E-state index contributed by atoms with van der Waals surface area (Å²) in [5.41, 5.74) is 0.681. The van der Waals surface area contributed by atoms with Crippen LogP contribution >= 0.6 is 0 Å². The van der Waals surface area contributed by atoms with Crippen LogP contribution < -0.4 is 4.74 Å². The number of ether oxygens (including phenoxy) is 2. The van der Waals surface area contributed by atoms with Gasteiger partial charge in [-0.25, -0.2) is 4.79 Å². The number of amides is 2. The molecule has 1 unspecified atom stereocenters. The van der Waals surface area contributed by atoms with Gasteiger partial charge >= 0.3 is 6.09 Å². The van der Waals surface area contributed by atoms with E-state index in [9.17, 15) is 9.59 Å². The van der Waals surface area contributed by atoms with E-state index in [0.29, 0.717) is 19.5 Å². The topological polar surface area (TPSA) is 62.3 Å². The van der Waals surface area contributed by atoms with Crippen molar-refractivity contribution in [2.24, 2.45) is 0 Å². The molecule has 0 bridgehead atoms. The maximum Gasteiger partial charge on any atom is 0.410 e. The molecule has 2 aliphatic rings. The summed E-state index contributed by atoms with van der Waals surface area (Å²) in [6.45, 7) is 10.2. The fraction of sp³-hybridized carbons (Fsp3) is 0.652. The average Bonchev–Trinajstić information content (AvgIpc) is 3.08. The van der Waals surface area contributed by atoms with Crippen molar-refractivity contribution in [2.45, 2.75) is 58.2 Å². The van der Waals surface area contributed by atoms with Crippen LogP contribution in [-0.2, 0) is 16.1 Å². The van der Waals surface area contributed by atoms with Crippen LogP contribution in [-0.4, -0.2) is 78.2 Å². The van der Waals surface area contributed by atoms with Crippen LogP contribution in [0.15, 0.2) is 24.3 Å². The van der Waals surface area contributed by atoms with Crippen LogP contribution in [0.3, 0.4) is 0 Å². The first-order valence-electron chi connectivity index (χ1n) is 10.9. The summed E-state index contributed by atoms with van der Waals surface area (Å²) in [5.74, 6) is 0.919. The smallest absolute Gasteiger partial charge is 0.410 e. The number of hydrogen-bond donors (Lipinski definition) is 0. The minimum Gasteiger partial charge on any atom is -0.497 e. The van der Waals surface area contributed by atoms with Crippen molar-refractivity contribution in [3.05, 3.63) is 29.8 Å². The number of carbonyl (C=O) groups excluding carboxylic acids is 2. The van der Waals surface area contributed by atoms with Crippen molar-refractivity contribution >= 4 is 12.0 Å². The Balaban J connectivity index is 1.56. The zero-order valence-corrected chi connectivity index (χ0v) is 18.7. The van der Waals surface area contributed by atoms with Gasteiger partial charge in [0.05, 0.1) is 7.11 Å². The van der Waals surface area contributed by atoms with Gasteiger partial charge in [-0.2, -0.15) is 0 Å². The molecule has 0 spiro atoms. The van der Waals surface area contributed by atoms with E-state index >= 15 is 0 Å². The lowest BCUT2D eigenvalue weighted by Crippen LogP contribution is -2.49. The van der Waals surface area contributed by atoms with E-state index in [1.807, 2.05) is 37.8 Å². The Hall–Kier alpha value is -2.28. The lowest BCUT2D eigenvalue weighted by atomic mass is 10.2. The highest BCUT2D eigenvalue weighted by Crippen LogP contribution is 2.23. The minimum absolute atomic E-state index is 0.0599. The van der Waals surface area contributed by atoms with Crippen molar-refractivity contribution in [1.29, 1.82) is 0 Å². The Morgan fingerprint density at radius 1 is 1.00 bits per heavy atom. The van der Waals surface area contributed by atoms with Gasteiger partial charge in [0.1, 0.15) is 17.4 Å². The first-order valence-corrected chi connectivity index (χ1v) is 10.9. The Labute approximate surface area is 179 Å². The van der Waals surface area contributed by atoms with Gasteiger partial charge in [0.2, 0.25) is 5.91 Å². The number of hydrogen-bond acceptors (Lipinski definition) is 5. The number of rotatable bonds is 4. The van der Waals surface area contributed by atoms with Gasteiger partial charge < -0.3 is 14.4 Å². The molecule has 7 nitrogen and oxygen atoms in total. The molecule has 3 rings (SSSR count). The standard InChI is InChI=1S/C23H35N3O4/c1-23(2,3)30-22(28)26-14-5-7-20(26)21(27)25-13-6-12-24(15-16-25)17-18-8-10-19(29-4)11-9-18/h8-11,20H,5-7,12-17H2,1-4H3. The minimum atomic E-state index is -0.558. The maximum atomic E-state index is 13.2. The quantitative estimate of drug-likeness (QED) is 0.753. The summed E-state index contributed by atoms with van der Waals surface area (Å²) < 4.78 is 10.7. The van der Waals surface area contributed by atoms with Gasteiger partial charge in [0.25, 0.3) is 0 Å². The second kappa shape index (κ2) is 9.69. The highest BCUT2D eigenvalue weighted by molar-refractivity contribution is 5.86. The molecular formula is C23H35N3O4. The Morgan fingerprint density at radius 3 is 2.40 bits per heavy atom. The third kappa shape index (κ3) is 5.88. The van der Waals surface area contributed by atoms with Crippen LogP contribution in [0.25, 0.3) is 0 Å². The van der Waals surface area contributed by atoms with E-state index in [4.69, 9.17) is 9.47 Å². The summed E-state index contributed by atoms with van der Waals surface area (Å²) in [4.78, 5) is 31.7. The molecule has 2 fully saturated rings. The number of methoxy groups -OCH3 is 1. The van der Waals surface area contributed by atoms with Crippen LogP contribution in [0.1, 0.15) is 45.6 Å². The number of carbonyl (C=O) groups is 2. The molecule has 0 aliphatic carbocycles. The Morgan fingerprint density at radius 2 is 1.73 bits per heavy atom. The van der Waals surface area contributed by atoms with Crippen molar-refractivity contribution < 1.29 is 19.1 Å². The molecule has 0 aromatic heterocycles. The summed E-state index contributed by atoms with van der Waals surface area (Å²) in [6, 6.07) is 7.74. The highest BCUT2D eigenvalue weighted by Gasteiger charge is 2.38. The zero-order valence-electron chi connectivity index (χ0n) is 18.7. The Kier molecular flexibility index (Phi) is 7.23. The third-order valence-electron chi connectivity index (χ3n) is 5.63. The fourth-order valence-electron chi connectivity index (χ4n) is 4.11. The molecule has 7 heteroatoms. The van der Waals surface area contributed by atoms with Crippen molar-refractivity contribution in [3.63, 3.8) is 0 Å². The second-order valence-corrected chi connectivity index (χ2v) is 9.13. The predicted octanol–water partition coefficient (Wildman–Crippen LogP) is 3.13.